The van der Waals surface area contributed by atoms with E-state index >= 15 is 0 Å². The van der Waals surface area contributed by atoms with Crippen LogP contribution in [0.4, 0.5) is 5.82 Å². The van der Waals surface area contributed by atoms with Gasteiger partial charge in [0.1, 0.15) is 11.9 Å². The van der Waals surface area contributed by atoms with Crippen LogP contribution in [0.2, 0.25) is 0 Å². The molecule has 31 heavy (non-hydrogen) atoms. The molecule has 0 spiro atoms. The minimum absolute atomic E-state index is 0.0584. The van der Waals surface area contributed by atoms with Crippen LogP contribution in [0.1, 0.15) is 41.6 Å². The van der Waals surface area contributed by atoms with E-state index in [0.717, 1.165) is 17.1 Å². The molecule has 2 atom stereocenters. The maximum Gasteiger partial charge on any atom is 0.309 e. The molecule has 156 valence electrons. The van der Waals surface area contributed by atoms with Gasteiger partial charge in [0, 0.05) is 24.2 Å². The summed E-state index contributed by atoms with van der Waals surface area (Å²) in [5.74, 6) is 0.302. The summed E-state index contributed by atoms with van der Waals surface area (Å²) >= 11 is 0. The Labute approximate surface area is 181 Å². The molecule has 2 heterocycles. The van der Waals surface area contributed by atoms with Crippen LogP contribution in [0.15, 0.2) is 54.7 Å². The summed E-state index contributed by atoms with van der Waals surface area (Å²) in [5.41, 5.74) is 5.20. The van der Waals surface area contributed by atoms with Gasteiger partial charge in [-0.25, -0.2) is 4.98 Å². The molecule has 0 unspecified atom stereocenters. The van der Waals surface area contributed by atoms with E-state index < -0.39 is 0 Å². The third kappa shape index (κ3) is 4.72. The van der Waals surface area contributed by atoms with Crippen molar-refractivity contribution in [2.24, 2.45) is 5.92 Å². The average Bonchev–Trinajstić information content (AvgIpc) is 3.59. The molecule has 0 aliphatic heterocycles. The molecular formula is C25H24N4O2. The molecule has 1 aromatic carbocycles. The lowest BCUT2D eigenvalue weighted by Crippen LogP contribution is -2.08. The molecule has 0 amide bonds. The molecule has 0 saturated heterocycles. The first-order chi connectivity index (χ1) is 15.1. The summed E-state index contributed by atoms with van der Waals surface area (Å²) in [5, 5.41) is 12.8. The lowest BCUT2D eigenvalue weighted by molar-refractivity contribution is -0.144. The van der Waals surface area contributed by atoms with Crippen molar-refractivity contribution in [1.29, 1.82) is 5.26 Å². The number of nitrogens with one attached hydrogen (secondary N) is 1. The maximum atomic E-state index is 12.0. The number of ether oxygens (including phenoxy) is 1. The molecule has 1 fully saturated rings. The first kappa shape index (κ1) is 20.5. The Morgan fingerprint density at radius 3 is 2.84 bits per heavy atom. The lowest BCUT2D eigenvalue weighted by atomic mass is 10.1. The summed E-state index contributed by atoms with van der Waals surface area (Å²) in [6, 6.07) is 18.0. The third-order valence-electron chi connectivity index (χ3n) is 5.39. The van der Waals surface area contributed by atoms with Crippen LogP contribution in [0.3, 0.4) is 0 Å². The maximum absolute atomic E-state index is 12.0. The second-order valence-corrected chi connectivity index (χ2v) is 7.72. The SMILES string of the molecule is CCOC(=O)[C@H]1C[C@@H]1c1nc(-c2ccc(NCc3cccc(C)c3)nc2)ccc1C#N. The zero-order valence-electron chi connectivity index (χ0n) is 17.6. The van der Waals surface area contributed by atoms with E-state index in [1.807, 2.05) is 24.3 Å². The normalized spacial score (nSPS) is 16.9. The summed E-state index contributed by atoms with van der Waals surface area (Å²) < 4.78 is 5.11. The van der Waals surface area contributed by atoms with Crippen molar-refractivity contribution in [2.45, 2.75) is 32.7 Å². The molecule has 1 N–H and O–H groups in total. The predicted molar refractivity (Wildman–Crippen MR) is 118 cm³/mol. The zero-order chi connectivity index (χ0) is 21.8. The van der Waals surface area contributed by atoms with Gasteiger partial charge in [0.25, 0.3) is 0 Å². The van der Waals surface area contributed by atoms with E-state index in [4.69, 9.17) is 9.72 Å². The van der Waals surface area contributed by atoms with Crippen molar-refractivity contribution < 1.29 is 9.53 Å². The van der Waals surface area contributed by atoms with Crippen molar-refractivity contribution in [2.75, 3.05) is 11.9 Å². The standard InChI is InChI=1S/C25H24N4O2/c1-3-31-25(30)21-12-20(21)24-18(13-26)7-9-22(29-24)19-8-10-23(28-15-19)27-14-17-6-4-5-16(2)11-17/h4-11,15,20-21H,3,12,14H2,1-2H3,(H,27,28)/t20-,21-/m0/s1. The molecule has 1 aliphatic rings. The van der Waals surface area contributed by atoms with Crippen LogP contribution >= 0.6 is 0 Å². The van der Waals surface area contributed by atoms with E-state index in [2.05, 4.69) is 41.5 Å². The van der Waals surface area contributed by atoms with E-state index in [0.29, 0.717) is 30.8 Å². The first-order valence-corrected chi connectivity index (χ1v) is 10.4. The Hall–Kier alpha value is -3.72. The van der Waals surface area contributed by atoms with Crippen molar-refractivity contribution in [3.63, 3.8) is 0 Å². The quantitative estimate of drug-likeness (QED) is 0.571. The minimum atomic E-state index is -0.214. The van der Waals surface area contributed by atoms with Crippen molar-refractivity contribution >= 4 is 11.8 Å². The van der Waals surface area contributed by atoms with Gasteiger partial charge in [0.05, 0.1) is 29.5 Å². The van der Waals surface area contributed by atoms with E-state index in [9.17, 15) is 10.1 Å². The molecule has 3 aromatic rings. The van der Waals surface area contributed by atoms with E-state index in [1.165, 1.54) is 11.1 Å². The van der Waals surface area contributed by atoms with Gasteiger partial charge in [0.2, 0.25) is 0 Å². The minimum Gasteiger partial charge on any atom is -0.466 e. The number of esters is 1. The van der Waals surface area contributed by atoms with Gasteiger partial charge in [-0.05, 0) is 50.1 Å². The molecule has 2 aromatic heterocycles. The number of carbonyl (C=O) groups excluding carboxylic acids is 1. The highest BCUT2D eigenvalue weighted by molar-refractivity contribution is 5.77. The number of hydrogen-bond acceptors (Lipinski definition) is 6. The summed E-state index contributed by atoms with van der Waals surface area (Å²) in [4.78, 5) is 21.2. The molecule has 6 nitrogen and oxygen atoms in total. The topological polar surface area (TPSA) is 87.9 Å². The number of anilines is 1. The number of pyridine rings is 2. The van der Waals surface area contributed by atoms with E-state index in [-0.39, 0.29) is 17.8 Å². The van der Waals surface area contributed by atoms with Crippen LogP contribution in [0, 0.1) is 24.2 Å². The van der Waals surface area contributed by atoms with Crippen LogP contribution in [-0.4, -0.2) is 22.5 Å². The second-order valence-electron chi connectivity index (χ2n) is 7.72. The number of carbonyl (C=O) groups is 1. The molecule has 4 rings (SSSR count). The third-order valence-corrected chi connectivity index (χ3v) is 5.39. The Balaban J connectivity index is 1.48. The number of nitrogens with zero attached hydrogens (tertiary/aromatic N) is 3. The monoisotopic (exact) mass is 412 g/mol. The second kappa shape index (κ2) is 8.97. The van der Waals surface area contributed by atoms with E-state index in [1.54, 1.807) is 19.2 Å². The van der Waals surface area contributed by atoms with Crippen LogP contribution in [0.5, 0.6) is 0 Å². The summed E-state index contributed by atoms with van der Waals surface area (Å²) in [6.07, 6.45) is 2.44. The zero-order valence-corrected chi connectivity index (χ0v) is 17.6. The number of hydrogen-bond donors (Lipinski definition) is 1. The first-order valence-electron chi connectivity index (χ1n) is 10.4. The average molecular weight is 412 g/mol. The Kier molecular flexibility index (Phi) is 5.94. The Morgan fingerprint density at radius 1 is 1.26 bits per heavy atom. The lowest BCUT2D eigenvalue weighted by Gasteiger charge is -2.09. The molecule has 1 saturated carbocycles. The molecular weight excluding hydrogens is 388 g/mol. The number of aryl methyl sites for hydroxylation is 1. The van der Waals surface area contributed by atoms with Gasteiger partial charge in [0.15, 0.2) is 0 Å². The van der Waals surface area contributed by atoms with Crippen LogP contribution in [0.25, 0.3) is 11.3 Å². The van der Waals surface area contributed by atoms with Crippen LogP contribution in [-0.2, 0) is 16.1 Å². The molecule has 1 aliphatic carbocycles. The van der Waals surface area contributed by atoms with Crippen LogP contribution < -0.4 is 5.32 Å². The highest BCUT2D eigenvalue weighted by atomic mass is 16.5. The van der Waals surface area contributed by atoms with Gasteiger partial charge in [-0.1, -0.05) is 29.8 Å². The fraction of sp³-hybridized carbons (Fsp3) is 0.280. The molecule has 0 radical (unpaired) electrons. The summed E-state index contributed by atoms with van der Waals surface area (Å²) in [7, 11) is 0. The smallest absolute Gasteiger partial charge is 0.309 e. The highest BCUT2D eigenvalue weighted by Gasteiger charge is 2.47. The van der Waals surface area contributed by atoms with Gasteiger partial charge >= 0.3 is 5.97 Å². The fourth-order valence-corrected chi connectivity index (χ4v) is 3.68. The molecule has 0 bridgehead atoms. The number of aromatic nitrogens is 2. The van der Waals surface area contributed by atoms with Gasteiger partial charge in [-0.3, -0.25) is 9.78 Å². The largest absolute Gasteiger partial charge is 0.466 e. The van der Waals surface area contributed by atoms with Crippen molar-refractivity contribution in [1.82, 2.24) is 9.97 Å². The highest BCUT2D eigenvalue weighted by Crippen LogP contribution is 2.48. The Morgan fingerprint density at radius 2 is 2.13 bits per heavy atom. The number of benzene rings is 1. The van der Waals surface area contributed by atoms with Gasteiger partial charge in [-0.2, -0.15) is 5.26 Å². The number of nitriles is 1. The fourth-order valence-electron chi connectivity index (χ4n) is 3.68. The van der Waals surface area contributed by atoms with Crippen molar-refractivity contribution in [3.05, 3.63) is 77.1 Å². The predicted octanol–water partition coefficient (Wildman–Crippen LogP) is 4.60. The van der Waals surface area contributed by atoms with Crippen molar-refractivity contribution in [3.8, 4) is 17.3 Å². The van der Waals surface area contributed by atoms with Gasteiger partial charge in [-0.15, -0.1) is 0 Å². The summed E-state index contributed by atoms with van der Waals surface area (Å²) in [6.45, 7) is 4.92. The van der Waals surface area contributed by atoms with Gasteiger partial charge < -0.3 is 10.1 Å². The number of rotatable bonds is 7. The molecule has 6 heteroatoms. The Bertz CT molecular complexity index is 1140.